The Balaban J connectivity index is 1.38. The predicted octanol–water partition coefficient (Wildman–Crippen LogP) is 1.47. The second-order valence-corrected chi connectivity index (χ2v) is 8.33. The van der Waals surface area contributed by atoms with Crippen LogP contribution in [0.2, 0.25) is 0 Å². The molecule has 144 valence electrons. The Morgan fingerprint density at radius 3 is 2.74 bits per heavy atom. The van der Waals surface area contributed by atoms with Gasteiger partial charge in [0.05, 0.1) is 18.3 Å². The molecule has 0 spiro atoms. The fourth-order valence-electron chi connectivity index (χ4n) is 3.90. The molecule has 0 atom stereocenters. The minimum absolute atomic E-state index is 0.0308. The molecule has 1 fully saturated rings. The Bertz CT molecular complexity index is 927. The Kier molecular flexibility index (Phi) is 5.24. The molecule has 1 aliphatic carbocycles. The zero-order chi connectivity index (χ0) is 18.8. The van der Waals surface area contributed by atoms with Gasteiger partial charge in [-0.05, 0) is 44.1 Å². The van der Waals surface area contributed by atoms with E-state index in [1.807, 2.05) is 0 Å². The first-order chi connectivity index (χ1) is 13.1. The highest BCUT2D eigenvalue weighted by Gasteiger charge is 2.21. The molecule has 3 heterocycles. The third-order valence-electron chi connectivity index (χ3n) is 5.42. The summed E-state index contributed by atoms with van der Waals surface area (Å²) in [6, 6.07) is 0. The average Bonchev–Trinajstić information content (AvgIpc) is 3.33. The van der Waals surface area contributed by atoms with Crippen LogP contribution in [0, 0.1) is 0 Å². The monoisotopic (exact) mass is 388 g/mol. The number of hydrogen-bond acceptors (Lipinski definition) is 5. The fourth-order valence-corrected chi connectivity index (χ4v) is 5.12. The molecule has 7 nitrogen and oxygen atoms in total. The third kappa shape index (κ3) is 3.76. The SMILES string of the molecule is O=C(CCn1cnc2sc3c(c2c1=O)CCCC3)NCC(=O)N1CCCC1. The van der Waals surface area contributed by atoms with E-state index < -0.39 is 0 Å². The van der Waals surface area contributed by atoms with Crippen LogP contribution in [0.3, 0.4) is 0 Å². The number of likely N-dealkylation sites (tertiary alicyclic amines) is 1. The normalized spacial score (nSPS) is 16.5. The van der Waals surface area contributed by atoms with Crippen LogP contribution in [0.5, 0.6) is 0 Å². The van der Waals surface area contributed by atoms with Crippen molar-refractivity contribution in [2.75, 3.05) is 19.6 Å². The molecule has 2 aliphatic rings. The van der Waals surface area contributed by atoms with Gasteiger partial charge in [0.25, 0.3) is 5.56 Å². The van der Waals surface area contributed by atoms with Crippen molar-refractivity contribution in [3.8, 4) is 0 Å². The first kappa shape index (κ1) is 18.2. The second-order valence-electron chi connectivity index (χ2n) is 7.25. The minimum Gasteiger partial charge on any atom is -0.347 e. The number of thiophene rings is 1. The molecule has 2 aromatic heterocycles. The topological polar surface area (TPSA) is 84.3 Å². The molecule has 1 aliphatic heterocycles. The molecule has 0 unspecified atom stereocenters. The first-order valence-electron chi connectivity index (χ1n) is 9.67. The smallest absolute Gasteiger partial charge is 0.262 e. The number of nitrogens with zero attached hydrogens (tertiary/aromatic N) is 3. The van der Waals surface area contributed by atoms with Crippen molar-refractivity contribution in [1.29, 1.82) is 0 Å². The molecule has 1 saturated heterocycles. The van der Waals surface area contributed by atoms with E-state index in [0.717, 1.165) is 61.0 Å². The van der Waals surface area contributed by atoms with Gasteiger partial charge in [-0.2, -0.15) is 0 Å². The summed E-state index contributed by atoms with van der Waals surface area (Å²) < 4.78 is 1.52. The Labute approximate surface area is 161 Å². The fraction of sp³-hybridized carbons (Fsp3) is 0.579. The number of aryl methyl sites for hydroxylation is 3. The maximum Gasteiger partial charge on any atom is 0.262 e. The molecule has 8 heteroatoms. The number of rotatable bonds is 5. The number of hydrogen-bond donors (Lipinski definition) is 1. The summed E-state index contributed by atoms with van der Waals surface area (Å²) in [6.45, 7) is 1.86. The van der Waals surface area contributed by atoms with Gasteiger partial charge in [0.2, 0.25) is 11.8 Å². The van der Waals surface area contributed by atoms with Gasteiger partial charge in [0, 0.05) is 30.9 Å². The minimum atomic E-state index is -0.220. The van der Waals surface area contributed by atoms with E-state index in [2.05, 4.69) is 10.3 Å². The van der Waals surface area contributed by atoms with Crippen molar-refractivity contribution in [2.24, 2.45) is 0 Å². The molecule has 0 bridgehead atoms. The van der Waals surface area contributed by atoms with Crippen molar-refractivity contribution in [3.05, 3.63) is 27.1 Å². The van der Waals surface area contributed by atoms with E-state index in [1.54, 1.807) is 16.2 Å². The van der Waals surface area contributed by atoms with Crippen LogP contribution in [0.4, 0.5) is 0 Å². The summed E-state index contributed by atoms with van der Waals surface area (Å²) in [6.07, 6.45) is 8.01. The lowest BCUT2D eigenvalue weighted by Gasteiger charge is -2.15. The lowest BCUT2D eigenvalue weighted by Crippen LogP contribution is -2.39. The largest absolute Gasteiger partial charge is 0.347 e. The van der Waals surface area contributed by atoms with Crippen molar-refractivity contribution >= 4 is 33.4 Å². The predicted molar refractivity (Wildman–Crippen MR) is 104 cm³/mol. The molecule has 27 heavy (non-hydrogen) atoms. The highest BCUT2D eigenvalue weighted by atomic mass is 32.1. The first-order valence-corrected chi connectivity index (χ1v) is 10.5. The Morgan fingerprint density at radius 2 is 1.93 bits per heavy atom. The number of nitrogens with one attached hydrogen (secondary N) is 1. The Hall–Kier alpha value is -2.22. The van der Waals surface area contributed by atoms with Crippen LogP contribution in [-0.2, 0) is 29.0 Å². The standard InChI is InChI=1S/C19H24N4O3S/c24-15(20-11-16(25)22-8-3-4-9-22)7-10-23-12-21-18-17(19(23)26)13-5-1-2-6-14(13)27-18/h12H,1-11H2,(H,20,24). The molecular weight excluding hydrogens is 364 g/mol. The van der Waals surface area contributed by atoms with E-state index in [-0.39, 0.29) is 36.9 Å². The van der Waals surface area contributed by atoms with Crippen molar-refractivity contribution in [2.45, 2.75) is 51.5 Å². The van der Waals surface area contributed by atoms with Crippen LogP contribution in [0.1, 0.15) is 42.5 Å². The highest BCUT2D eigenvalue weighted by molar-refractivity contribution is 7.18. The summed E-state index contributed by atoms with van der Waals surface area (Å²) in [5, 5.41) is 3.41. The van der Waals surface area contributed by atoms with E-state index in [0.29, 0.717) is 0 Å². The van der Waals surface area contributed by atoms with E-state index >= 15 is 0 Å². The molecule has 0 aromatic carbocycles. The van der Waals surface area contributed by atoms with Crippen LogP contribution < -0.4 is 10.9 Å². The molecule has 2 aromatic rings. The molecule has 2 amide bonds. The van der Waals surface area contributed by atoms with Crippen LogP contribution in [0.15, 0.2) is 11.1 Å². The van der Waals surface area contributed by atoms with Gasteiger partial charge in [0.15, 0.2) is 0 Å². The molecular formula is C19H24N4O3S. The van der Waals surface area contributed by atoms with Crippen molar-refractivity contribution in [1.82, 2.24) is 19.8 Å². The highest BCUT2D eigenvalue weighted by Crippen LogP contribution is 2.33. The van der Waals surface area contributed by atoms with Gasteiger partial charge in [0.1, 0.15) is 4.83 Å². The number of carbonyl (C=O) groups is 2. The number of carbonyl (C=O) groups excluding carboxylic acids is 2. The van der Waals surface area contributed by atoms with Gasteiger partial charge in [-0.25, -0.2) is 4.98 Å². The van der Waals surface area contributed by atoms with Crippen molar-refractivity contribution < 1.29 is 9.59 Å². The number of fused-ring (bicyclic) bond motifs is 3. The quantitative estimate of drug-likeness (QED) is 0.841. The lowest BCUT2D eigenvalue weighted by molar-refractivity contribution is -0.132. The number of amides is 2. The average molecular weight is 388 g/mol. The van der Waals surface area contributed by atoms with E-state index in [4.69, 9.17) is 0 Å². The van der Waals surface area contributed by atoms with Gasteiger partial charge in [-0.3, -0.25) is 19.0 Å². The molecule has 0 saturated carbocycles. The molecule has 1 N–H and O–H groups in total. The van der Waals surface area contributed by atoms with Crippen LogP contribution in [0.25, 0.3) is 10.2 Å². The number of aromatic nitrogens is 2. The maximum absolute atomic E-state index is 12.9. The van der Waals surface area contributed by atoms with Gasteiger partial charge >= 0.3 is 0 Å². The van der Waals surface area contributed by atoms with Gasteiger partial charge < -0.3 is 10.2 Å². The van der Waals surface area contributed by atoms with Crippen molar-refractivity contribution in [3.63, 3.8) is 0 Å². The summed E-state index contributed by atoms with van der Waals surface area (Å²) >= 11 is 1.62. The zero-order valence-corrected chi connectivity index (χ0v) is 16.1. The van der Waals surface area contributed by atoms with E-state index in [9.17, 15) is 14.4 Å². The van der Waals surface area contributed by atoms with Crippen LogP contribution >= 0.6 is 11.3 Å². The van der Waals surface area contributed by atoms with Gasteiger partial charge in [-0.15, -0.1) is 11.3 Å². The summed E-state index contributed by atoms with van der Waals surface area (Å²) in [5.74, 6) is -0.257. The summed E-state index contributed by atoms with van der Waals surface area (Å²) in [5.41, 5.74) is 1.11. The maximum atomic E-state index is 12.9. The summed E-state index contributed by atoms with van der Waals surface area (Å²) in [4.78, 5) is 45.2. The van der Waals surface area contributed by atoms with Gasteiger partial charge in [-0.1, -0.05) is 0 Å². The lowest BCUT2D eigenvalue weighted by atomic mass is 9.97. The second kappa shape index (κ2) is 7.80. The third-order valence-corrected chi connectivity index (χ3v) is 6.62. The molecule has 0 radical (unpaired) electrons. The zero-order valence-electron chi connectivity index (χ0n) is 15.3. The van der Waals surface area contributed by atoms with Crippen LogP contribution in [-0.4, -0.2) is 45.9 Å². The van der Waals surface area contributed by atoms with E-state index in [1.165, 1.54) is 22.2 Å². The summed E-state index contributed by atoms with van der Waals surface area (Å²) in [7, 11) is 0. The Morgan fingerprint density at radius 1 is 1.15 bits per heavy atom. The molecule has 4 rings (SSSR count).